The molecule has 0 spiro atoms. The SMILES string of the molecule is N.O.O=S(=S)(Cl)CCC(CC(CC(F)(C(F)(F)F)C(F)(F)F)C(F)(F)F)C(F)(F)F.O=S([O-])(=S)CCC(CC(CC(F)(C(F)(F)F)C(F)(F)F)C(F)(F)F)C(F)(F)F.[NH4+]. The molecule has 0 saturated carbocycles. The van der Waals surface area contributed by atoms with Gasteiger partial charge in [0.1, 0.15) is 7.71 Å². The maximum Gasteiger partial charge on any atom is 0.431 e. The summed E-state index contributed by atoms with van der Waals surface area (Å²) in [6.45, 7) is 0. The molecule has 0 aliphatic heterocycles. The van der Waals surface area contributed by atoms with E-state index >= 15 is 0 Å². The number of alkyl halides is 26. The Morgan fingerprint density at radius 1 is 0.458 bits per heavy atom. The molecule has 9 N–H and O–H groups in total. The first-order chi connectivity index (χ1) is 23.8. The van der Waals surface area contributed by atoms with Gasteiger partial charge in [0.25, 0.3) is 11.3 Å². The van der Waals surface area contributed by atoms with Crippen LogP contribution in [0.1, 0.15) is 38.5 Å². The Morgan fingerprint density at radius 3 is 0.814 bits per heavy atom. The minimum atomic E-state index is -6.90. The van der Waals surface area contributed by atoms with Crippen LogP contribution in [0.15, 0.2) is 0 Å². The maximum atomic E-state index is 13.6. The van der Waals surface area contributed by atoms with Crippen molar-refractivity contribution in [3.63, 3.8) is 0 Å². The van der Waals surface area contributed by atoms with Gasteiger partial charge in [0.05, 0.1) is 23.7 Å². The van der Waals surface area contributed by atoms with E-state index in [1.54, 1.807) is 0 Å². The van der Waals surface area contributed by atoms with Gasteiger partial charge >= 0.3 is 49.4 Å². The Labute approximate surface area is 328 Å². The minimum Gasteiger partial charge on any atom is -0.769 e. The zero-order valence-corrected chi connectivity index (χ0v) is 32.3. The number of quaternary nitrogens is 1. The lowest BCUT2D eigenvalue weighted by atomic mass is 9.83. The minimum absolute atomic E-state index is 0. The molecule has 6 nitrogen and oxygen atoms in total. The molecule has 6 atom stereocenters. The quantitative estimate of drug-likeness (QED) is 0.130. The summed E-state index contributed by atoms with van der Waals surface area (Å²) >= 11 is 7.77. The zero-order valence-electron chi connectivity index (χ0n) is 28.2. The molecule has 0 aromatic rings. The topological polar surface area (TPSA) is 160 Å². The van der Waals surface area contributed by atoms with Crippen molar-refractivity contribution in [3.05, 3.63) is 0 Å². The lowest BCUT2D eigenvalue weighted by Crippen LogP contribution is -2.55. The van der Waals surface area contributed by atoms with Gasteiger partial charge in [-0.3, -0.25) is 4.21 Å². The van der Waals surface area contributed by atoms with Crippen molar-refractivity contribution in [2.45, 2.75) is 99.3 Å². The van der Waals surface area contributed by atoms with Gasteiger partial charge in [-0.15, -0.1) is 0 Å². The van der Waals surface area contributed by atoms with E-state index < -0.39 is 151 Å². The van der Waals surface area contributed by atoms with E-state index in [0.29, 0.717) is 0 Å². The third-order valence-corrected chi connectivity index (χ3v) is 10.2. The van der Waals surface area contributed by atoms with Crippen LogP contribution in [0.5, 0.6) is 0 Å². The van der Waals surface area contributed by atoms with E-state index in [4.69, 9.17) is 10.7 Å². The summed E-state index contributed by atoms with van der Waals surface area (Å²) in [6.07, 6.45) is -65.5. The van der Waals surface area contributed by atoms with Crippen LogP contribution in [0.4, 0.5) is 114 Å². The molecule has 0 saturated heterocycles. The van der Waals surface area contributed by atoms with Crippen LogP contribution >= 0.6 is 10.7 Å². The summed E-state index contributed by atoms with van der Waals surface area (Å²) in [5.41, 5.74) is -12.8. The molecular weight excluding hydrogens is 1010 g/mol. The van der Waals surface area contributed by atoms with Crippen molar-refractivity contribution < 1.29 is 133 Å². The summed E-state index contributed by atoms with van der Waals surface area (Å²) in [7, 11) is -3.43. The Kier molecular flexibility index (Phi) is 24.6. The molecule has 37 heteroatoms. The second kappa shape index (κ2) is 21.6. The normalized spacial score (nSPS) is 18.2. The number of hydrogen-bond acceptors (Lipinski definition) is 6. The average molecular weight is 1040 g/mol. The summed E-state index contributed by atoms with van der Waals surface area (Å²) < 4.78 is 363. The number of hydrogen-bond donors (Lipinski definition) is 2. The molecule has 6 unspecified atom stereocenters. The van der Waals surface area contributed by atoms with E-state index in [0.717, 1.165) is 0 Å². The highest BCUT2D eigenvalue weighted by atomic mass is 35.7. The Balaban J connectivity index is -0.000000314. The number of rotatable bonds is 14. The van der Waals surface area contributed by atoms with Crippen molar-refractivity contribution in [2.24, 2.45) is 23.7 Å². The molecule has 0 fully saturated rings. The van der Waals surface area contributed by atoms with Crippen molar-refractivity contribution in [1.82, 2.24) is 12.3 Å². The smallest absolute Gasteiger partial charge is 0.431 e. The molecule has 364 valence electrons. The first-order valence-electron chi connectivity index (χ1n) is 13.6. The van der Waals surface area contributed by atoms with Crippen LogP contribution in [-0.2, 0) is 38.9 Å². The fourth-order valence-electron chi connectivity index (χ4n) is 4.22. The van der Waals surface area contributed by atoms with Crippen molar-refractivity contribution >= 4 is 49.5 Å². The highest BCUT2D eigenvalue weighted by molar-refractivity contribution is 8.46. The third kappa shape index (κ3) is 21.8. The van der Waals surface area contributed by atoms with Gasteiger partial charge in [0.2, 0.25) is 0 Å². The lowest BCUT2D eigenvalue weighted by molar-refractivity contribution is -0.354. The van der Waals surface area contributed by atoms with E-state index in [-0.39, 0.29) is 17.8 Å². The van der Waals surface area contributed by atoms with Crippen LogP contribution in [0.2, 0.25) is 0 Å². The van der Waals surface area contributed by atoms with Gasteiger partial charge in [-0.25, -0.2) is 13.0 Å². The fourth-order valence-corrected chi connectivity index (χ4v) is 6.20. The maximum absolute atomic E-state index is 13.6. The van der Waals surface area contributed by atoms with Crippen LogP contribution in [0.3, 0.4) is 0 Å². The van der Waals surface area contributed by atoms with Crippen LogP contribution in [-0.4, -0.2) is 90.7 Å². The van der Waals surface area contributed by atoms with E-state index in [1.165, 1.54) is 0 Å². The van der Waals surface area contributed by atoms with Crippen LogP contribution in [0, 0.1) is 23.7 Å². The van der Waals surface area contributed by atoms with E-state index in [1.807, 2.05) is 0 Å². The predicted octanol–water partition coefficient (Wildman–Crippen LogP) is 11.2. The van der Waals surface area contributed by atoms with Crippen molar-refractivity contribution in [1.29, 1.82) is 0 Å². The average Bonchev–Trinajstić information content (AvgIpc) is 2.85. The summed E-state index contributed by atoms with van der Waals surface area (Å²) in [6, 6.07) is 0. The van der Waals surface area contributed by atoms with Crippen molar-refractivity contribution in [2.75, 3.05) is 11.5 Å². The van der Waals surface area contributed by atoms with E-state index in [9.17, 15) is 127 Å². The first-order valence-corrected chi connectivity index (χ1v) is 19.7. The van der Waals surface area contributed by atoms with Gasteiger partial charge in [0.15, 0.2) is 0 Å². The highest BCUT2D eigenvalue weighted by Crippen LogP contribution is 2.55. The summed E-state index contributed by atoms with van der Waals surface area (Å²) in [5, 5.41) is 0. The van der Waals surface area contributed by atoms with Crippen molar-refractivity contribution in [3.8, 4) is 0 Å². The molecule has 59 heavy (non-hydrogen) atoms. The van der Waals surface area contributed by atoms with Gasteiger partial charge in [-0.2, -0.15) is 105 Å². The van der Waals surface area contributed by atoms with Gasteiger partial charge in [-0.05, 0) is 67.5 Å². The Morgan fingerprint density at radius 2 is 0.661 bits per heavy atom. The van der Waals surface area contributed by atoms with Gasteiger partial charge in [0, 0.05) is 24.3 Å². The van der Waals surface area contributed by atoms with Crippen LogP contribution in [0.25, 0.3) is 0 Å². The molecule has 0 aliphatic rings. The fraction of sp³-hybridized carbons (Fsp3) is 1.00. The molecule has 0 bridgehead atoms. The summed E-state index contributed by atoms with van der Waals surface area (Å²) in [4.78, 5) is 0. The Hall–Kier alpha value is -0.950. The second-order valence-corrected chi connectivity index (χ2v) is 19.7. The zero-order chi connectivity index (χ0) is 46.0. The Bertz CT molecular complexity index is 1330. The first kappa shape index (κ1) is 67.1. The number of halogens is 27. The monoisotopic (exact) mass is 1040 g/mol. The van der Waals surface area contributed by atoms with Gasteiger partial charge in [-0.1, -0.05) is 0 Å². The molecule has 0 aliphatic carbocycles. The molecule has 0 heterocycles. The van der Waals surface area contributed by atoms with Crippen LogP contribution < -0.4 is 12.3 Å². The molecule has 0 aromatic carbocycles. The van der Waals surface area contributed by atoms with E-state index in [2.05, 4.69) is 22.4 Å². The molecule has 0 amide bonds. The largest absolute Gasteiger partial charge is 0.769 e. The van der Waals surface area contributed by atoms with Gasteiger partial charge < -0.3 is 22.3 Å². The second-order valence-electron chi connectivity index (χ2n) is 11.5. The standard InChI is InChI=1S/C11H10ClF13OS2.C11H11F13O2S2.2H3N.H2O/c12-28(26,27)2-1-5(8(14,15)16)3-6(9(17,18)19)4-7(13,10(20,21)22)11(23,24)25;12-7(10(19,20)21,11(22,23)24)4-6(9(16,17)18)3-5(8(13,14)15)1-2-28(25,26)27;;;/h5-6H,1-4H2;5-6H,1-4H2,(H,25,26,27);2*1H3;1H2. The molecule has 0 rings (SSSR count). The predicted molar refractivity (Wildman–Crippen MR) is 160 cm³/mol. The third-order valence-electron chi connectivity index (χ3n) is 7.27. The lowest BCUT2D eigenvalue weighted by Gasteiger charge is -2.35. The molecule has 0 aromatic heterocycles. The molecule has 0 radical (unpaired) electrons. The highest BCUT2D eigenvalue weighted by Gasteiger charge is 2.75. The molecular formula is C22H29ClF26N2O4S4. The summed E-state index contributed by atoms with van der Waals surface area (Å²) in [5.74, 6) is -17.2.